The Labute approximate surface area is 120 Å². The Balaban J connectivity index is 1.88. The van der Waals surface area contributed by atoms with Gasteiger partial charge in [0.1, 0.15) is 0 Å². The Hall–Kier alpha value is -0.820. The smallest absolute Gasteiger partial charge is 0.317 e. The van der Waals surface area contributed by atoms with Crippen LogP contribution in [-0.2, 0) is 14.6 Å². The average Bonchev–Trinajstić information content (AvgIpc) is 3.04. The van der Waals surface area contributed by atoms with Crippen LogP contribution in [0, 0.1) is 0 Å². The van der Waals surface area contributed by atoms with Crippen LogP contribution in [0.2, 0.25) is 0 Å². The van der Waals surface area contributed by atoms with Crippen molar-refractivity contribution in [3.63, 3.8) is 0 Å². The SMILES string of the molecule is CC[C@H](NC(=O)N1CC[C@H](S(C)(=O)=O)C1)[C@@H]1CCCO1. The number of sulfone groups is 1. The first-order valence-corrected chi connectivity index (χ1v) is 9.23. The summed E-state index contributed by atoms with van der Waals surface area (Å²) in [7, 11) is -3.07. The zero-order chi connectivity index (χ0) is 14.8. The van der Waals surface area contributed by atoms with E-state index in [9.17, 15) is 13.2 Å². The molecule has 20 heavy (non-hydrogen) atoms. The van der Waals surface area contributed by atoms with Crippen molar-refractivity contribution in [3.05, 3.63) is 0 Å². The number of carbonyl (C=O) groups is 1. The average molecular weight is 304 g/mol. The molecule has 2 aliphatic rings. The van der Waals surface area contributed by atoms with Crippen molar-refractivity contribution in [2.75, 3.05) is 26.0 Å². The van der Waals surface area contributed by atoms with Crippen LogP contribution in [0.4, 0.5) is 4.79 Å². The molecule has 0 unspecified atom stereocenters. The number of amides is 2. The molecule has 0 aromatic rings. The third-order valence-electron chi connectivity index (χ3n) is 4.20. The van der Waals surface area contributed by atoms with Gasteiger partial charge in [0.25, 0.3) is 0 Å². The lowest BCUT2D eigenvalue weighted by Gasteiger charge is -2.26. The van der Waals surface area contributed by atoms with Crippen LogP contribution < -0.4 is 5.32 Å². The largest absolute Gasteiger partial charge is 0.376 e. The number of nitrogens with zero attached hydrogens (tertiary/aromatic N) is 1. The minimum atomic E-state index is -3.07. The zero-order valence-corrected chi connectivity index (χ0v) is 13.0. The van der Waals surface area contributed by atoms with Crippen molar-refractivity contribution in [1.29, 1.82) is 0 Å². The molecule has 3 atom stereocenters. The molecule has 1 N–H and O–H groups in total. The number of nitrogens with one attached hydrogen (secondary N) is 1. The highest BCUT2D eigenvalue weighted by Crippen LogP contribution is 2.19. The first kappa shape index (κ1) is 15.6. The second-order valence-electron chi connectivity index (χ2n) is 5.70. The highest BCUT2D eigenvalue weighted by Gasteiger charge is 2.34. The van der Waals surface area contributed by atoms with Gasteiger partial charge in [-0.05, 0) is 25.7 Å². The van der Waals surface area contributed by atoms with Crippen molar-refractivity contribution in [1.82, 2.24) is 10.2 Å². The predicted molar refractivity (Wildman–Crippen MR) is 76.4 cm³/mol. The number of hydrogen-bond donors (Lipinski definition) is 1. The summed E-state index contributed by atoms with van der Waals surface area (Å²) in [6, 6.07) is -0.152. The van der Waals surface area contributed by atoms with Gasteiger partial charge in [-0.3, -0.25) is 0 Å². The fourth-order valence-corrected chi connectivity index (χ4v) is 3.87. The van der Waals surface area contributed by atoms with Crippen LogP contribution in [0.1, 0.15) is 32.6 Å². The molecular formula is C13H24N2O4S. The molecule has 0 bridgehead atoms. The minimum Gasteiger partial charge on any atom is -0.376 e. The number of ether oxygens (including phenoxy) is 1. The number of carbonyl (C=O) groups excluding carboxylic acids is 1. The molecule has 2 saturated heterocycles. The van der Waals surface area contributed by atoms with Gasteiger partial charge in [-0.25, -0.2) is 13.2 Å². The number of rotatable bonds is 4. The summed E-state index contributed by atoms with van der Waals surface area (Å²) in [6.07, 6.45) is 4.70. The van der Waals surface area contributed by atoms with Gasteiger partial charge in [0, 0.05) is 26.0 Å². The molecule has 0 aromatic heterocycles. The Bertz CT molecular complexity index is 445. The van der Waals surface area contributed by atoms with Gasteiger partial charge in [0.05, 0.1) is 17.4 Å². The van der Waals surface area contributed by atoms with Crippen molar-refractivity contribution >= 4 is 15.9 Å². The lowest BCUT2D eigenvalue weighted by atomic mass is 10.1. The first-order chi connectivity index (χ1) is 9.41. The highest BCUT2D eigenvalue weighted by atomic mass is 32.2. The van der Waals surface area contributed by atoms with Gasteiger partial charge in [-0.2, -0.15) is 0 Å². The highest BCUT2D eigenvalue weighted by molar-refractivity contribution is 7.91. The Morgan fingerprint density at radius 3 is 2.70 bits per heavy atom. The van der Waals surface area contributed by atoms with Crippen LogP contribution in [0.3, 0.4) is 0 Å². The monoisotopic (exact) mass is 304 g/mol. The van der Waals surface area contributed by atoms with Gasteiger partial charge in [0.15, 0.2) is 9.84 Å². The normalized spacial score (nSPS) is 28.6. The summed E-state index contributed by atoms with van der Waals surface area (Å²) in [6.45, 7) is 3.59. The third-order valence-corrected chi connectivity index (χ3v) is 5.80. The fourth-order valence-electron chi connectivity index (χ4n) is 2.89. The molecule has 2 fully saturated rings. The van der Waals surface area contributed by atoms with Crippen LogP contribution >= 0.6 is 0 Å². The molecular weight excluding hydrogens is 280 g/mol. The summed E-state index contributed by atoms with van der Waals surface area (Å²) >= 11 is 0. The molecule has 0 spiro atoms. The molecule has 0 radical (unpaired) electrons. The summed E-state index contributed by atoms with van der Waals surface area (Å²) in [5.41, 5.74) is 0. The summed E-state index contributed by atoms with van der Waals surface area (Å²) in [4.78, 5) is 13.8. The summed E-state index contributed by atoms with van der Waals surface area (Å²) in [5.74, 6) is 0. The van der Waals surface area contributed by atoms with Crippen molar-refractivity contribution in [3.8, 4) is 0 Å². The second kappa shape index (κ2) is 6.30. The van der Waals surface area contributed by atoms with E-state index >= 15 is 0 Å². The van der Waals surface area contributed by atoms with Crippen LogP contribution in [0.25, 0.3) is 0 Å². The maximum absolute atomic E-state index is 12.2. The maximum atomic E-state index is 12.2. The van der Waals surface area contributed by atoms with Crippen LogP contribution in [-0.4, -0.2) is 62.7 Å². The Kier molecular flexibility index (Phi) is 4.90. The lowest BCUT2D eigenvalue weighted by molar-refractivity contribution is 0.0775. The molecule has 7 heteroatoms. The second-order valence-corrected chi connectivity index (χ2v) is 8.03. The van der Waals surface area contributed by atoms with E-state index in [1.807, 2.05) is 6.92 Å². The van der Waals surface area contributed by atoms with E-state index in [0.717, 1.165) is 25.9 Å². The summed E-state index contributed by atoms with van der Waals surface area (Å²) in [5, 5.41) is 2.57. The minimum absolute atomic E-state index is 0.0160. The van der Waals surface area contributed by atoms with Crippen molar-refractivity contribution in [2.24, 2.45) is 0 Å². The summed E-state index contributed by atoms with van der Waals surface area (Å²) < 4.78 is 28.6. The molecule has 2 rings (SSSR count). The van der Waals surface area contributed by atoms with Crippen LogP contribution in [0.15, 0.2) is 0 Å². The van der Waals surface area contributed by atoms with E-state index in [-0.39, 0.29) is 18.2 Å². The molecule has 2 heterocycles. The number of urea groups is 1. The van der Waals surface area contributed by atoms with E-state index in [1.54, 1.807) is 4.90 Å². The van der Waals surface area contributed by atoms with Crippen LogP contribution in [0.5, 0.6) is 0 Å². The van der Waals surface area contributed by atoms with Crippen molar-refractivity contribution in [2.45, 2.75) is 50.0 Å². The predicted octanol–water partition coefficient (Wildman–Crippen LogP) is 0.773. The quantitative estimate of drug-likeness (QED) is 0.832. The van der Waals surface area contributed by atoms with Gasteiger partial charge in [-0.1, -0.05) is 6.92 Å². The zero-order valence-electron chi connectivity index (χ0n) is 12.2. The van der Waals surface area contributed by atoms with Gasteiger partial charge in [-0.15, -0.1) is 0 Å². The van der Waals surface area contributed by atoms with Gasteiger partial charge >= 0.3 is 6.03 Å². The molecule has 0 aliphatic carbocycles. The van der Waals surface area contributed by atoms with Gasteiger partial charge in [0.2, 0.25) is 0 Å². The van der Waals surface area contributed by atoms with Crippen molar-refractivity contribution < 1.29 is 17.9 Å². The molecule has 2 aliphatic heterocycles. The molecule has 116 valence electrons. The number of hydrogen-bond acceptors (Lipinski definition) is 4. The first-order valence-electron chi connectivity index (χ1n) is 7.27. The van der Waals surface area contributed by atoms with Gasteiger partial charge < -0.3 is 15.0 Å². The standard InChI is InChI=1S/C13H24N2O4S/c1-3-11(12-5-4-8-19-12)14-13(16)15-7-6-10(9-15)20(2,17)18/h10-12H,3-9H2,1-2H3,(H,14,16)/t10-,11-,12-/m0/s1. The molecule has 0 aromatic carbocycles. The van der Waals surface area contributed by atoms with E-state index in [1.165, 1.54) is 6.26 Å². The fraction of sp³-hybridized carbons (Fsp3) is 0.923. The van der Waals surface area contributed by atoms with E-state index in [2.05, 4.69) is 5.32 Å². The van der Waals surface area contributed by atoms with E-state index < -0.39 is 15.1 Å². The molecule has 2 amide bonds. The molecule has 6 nitrogen and oxygen atoms in total. The maximum Gasteiger partial charge on any atom is 0.317 e. The van der Waals surface area contributed by atoms with E-state index in [4.69, 9.17) is 4.74 Å². The number of likely N-dealkylation sites (tertiary alicyclic amines) is 1. The van der Waals surface area contributed by atoms with E-state index in [0.29, 0.717) is 19.5 Å². The molecule has 0 saturated carbocycles. The lowest BCUT2D eigenvalue weighted by Crippen LogP contribution is -2.48. The topological polar surface area (TPSA) is 75.7 Å². The third kappa shape index (κ3) is 3.63. The Morgan fingerprint density at radius 2 is 2.20 bits per heavy atom. The Morgan fingerprint density at radius 1 is 1.45 bits per heavy atom.